The Kier molecular flexibility index (Phi) is 7.34. The van der Waals surface area contributed by atoms with Gasteiger partial charge in [-0.2, -0.15) is 0 Å². The van der Waals surface area contributed by atoms with E-state index in [4.69, 9.17) is 4.74 Å². The predicted molar refractivity (Wildman–Crippen MR) is 124 cm³/mol. The number of benzene rings is 3. The molecule has 3 rings (SSSR count). The van der Waals surface area contributed by atoms with E-state index in [0.29, 0.717) is 22.6 Å². The van der Waals surface area contributed by atoms with Gasteiger partial charge in [-0.25, -0.2) is 13.2 Å². The van der Waals surface area contributed by atoms with Gasteiger partial charge in [0.25, 0.3) is 15.9 Å². The molecule has 0 unspecified atom stereocenters. The molecule has 0 bridgehead atoms. The molecule has 3 aromatic carbocycles. The van der Waals surface area contributed by atoms with Gasteiger partial charge in [0.2, 0.25) is 0 Å². The molecule has 0 aliphatic heterocycles. The topological polar surface area (TPSA) is 111 Å². The quantitative estimate of drug-likeness (QED) is 0.490. The molecule has 0 radical (unpaired) electrons. The third-order valence-corrected chi connectivity index (χ3v) is 6.31. The van der Waals surface area contributed by atoms with Crippen LogP contribution in [-0.4, -0.2) is 34.5 Å². The zero-order valence-corrected chi connectivity index (χ0v) is 19.2. The summed E-state index contributed by atoms with van der Waals surface area (Å²) in [7, 11) is -1.07. The van der Waals surface area contributed by atoms with Gasteiger partial charge >= 0.3 is 5.97 Å². The van der Waals surface area contributed by atoms with Crippen molar-refractivity contribution < 1.29 is 27.5 Å². The molecule has 0 aromatic heterocycles. The number of aryl methyl sites for hydroxylation is 1. The zero-order chi connectivity index (χ0) is 24.0. The lowest BCUT2D eigenvalue weighted by atomic mass is 10.1. The molecule has 0 saturated carbocycles. The van der Waals surface area contributed by atoms with E-state index in [1.165, 1.54) is 26.4 Å². The van der Waals surface area contributed by atoms with E-state index in [9.17, 15) is 18.0 Å². The molecule has 0 aliphatic carbocycles. The van der Waals surface area contributed by atoms with Crippen molar-refractivity contribution in [3.63, 3.8) is 0 Å². The normalized spacial score (nSPS) is 10.9. The van der Waals surface area contributed by atoms with E-state index in [2.05, 4.69) is 14.8 Å². The lowest BCUT2D eigenvalue weighted by Gasteiger charge is -2.12. The second-order valence-corrected chi connectivity index (χ2v) is 8.86. The number of hydrogen-bond donors (Lipinski definition) is 2. The Bertz CT molecular complexity index is 1250. The van der Waals surface area contributed by atoms with Gasteiger partial charge < -0.3 is 14.8 Å². The van der Waals surface area contributed by atoms with E-state index in [1.807, 2.05) is 0 Å². The van der Waals surface area contributed by atoms with Gasteiger partial charge in [0, 0.05) is 17.8 Å². The maximum absolute atomic E-state index is 12.8. The molecule has 0 heterocycles. The van der Waals surface area contributed by atoms with Crippen LogP contribution in [0.15, 0.2) is 71.6 Å². The number of nitrogens with one attached hydrogen (secondary N) is 2. The summed E-state index contributed by atoms with van der Waals surface area (Å²) in [6, 6.07) is 17.5. The van der Waals surface area contributed by atoms with Gasteiger partial charge in [-0.1, -0.05) is 18.2 Å². The third kappa shape index (κ3) is 5.89. The third-order valence-electron chi connectivity index (χ3n) is 4.93. The van der Waals surface area contributed by atoms with Crippen molar-refractivity contribution in [1.29, 1.82) is 0 Å². The molecule has 0 saturated heterocycles. The van der Waals surface area contributed by atoms with E-state index in [-0.39, 0.29) is 17.0 Å². The summed E-state index contributed by atoms with van der Waals surface area (Å²) in [5, 5.41) is 2.78. The molecule has 33 heavy (non-hydrogen) atoms. The first-order chi connectivity index (χ1) is 15.7. The van der Waals surface area contributed by atoms with Gasteiger partial charge in [-0.05, 0) is 66.6 Å². The van der Waals surface area contributed by atoms with Crippen LogP contribution in [0, 0.1) is 6.92 Å². The Hall–Kier alpha value is -3.85. The number of sulfonamides is 1. The molecule has 0 fully saturated rings. The Balaban J connectivity index is 1.73. The van der Waals surface area contributed by atoms with Crippen molar-refractivity contribution >= 4 is 27.6 Å². The van der Waals surface area contributed by atoms with Gasteiger partial charge in [-0.15, -0.1) is 0 Å². The summed E-state index contributed by atoms with van der Waals surface area (Å²) in [4.78, 5) is 24.2. The Labute approximate surface area is 192 Å². The summed E-state index contributed by atoms with van der Waals surface area (Å²) in [6.45, 7) is 1.94. The first-order valence-electron chi connectivity index (χ1n) is 9.96. The molecule has 0 spiro atoms. The molecular weight excluding hydrogens is 444 g/mol. The van der Waals surface area contributed by atoms with Crippen molar-refractivity contribution in [2.75, 3.05) is 18.9 Å². The van der Waals surface area contributed by atoms with Crippen LogP contribution in [0.1, 0.15) is 31.8 Å². The summed E-state index contributed by atoms with van der Waals surface area (Å²) in [6.07, 6.45) is 0. The van der Waals surface area contributed by atoms with Crippen molar-refractivity contribution in [3.05, 3.63) is 89.0 Å². The fraction of sp³-hybridized carbons (Fsp3) is 0.167. The summed E-state index contributed by atoms with van der Waals surface area (Å²) < 4.78 is 37.9. The van der Waals surface area contributed by atoms with Crippen LogP contribution >= 0.6 is 0 Å². The maximum atomic E-state index is 12.8. The van der Waals surface area contributed by atoms with Crippen LogP contribution in [0.4, 0.5) is 5.69 Å². The molecule has 2 N–H and O–H groups in total. The van der Waals surface area contributed by atoms with E-state index in [1.54, 1.807) is 61.5 Å². The average molecular weight is 469 g/mol. The second kappa shape index (κ2) is 10.2. The molecule has 1 amide bonds. The van der Waals surface area contributed by atoms with Crippen LogP contribution in [0.25, 0.3) is 0 Å². The first kappa shape index (κ1) is 23.8. The number of esters is 1. The highest BCUT2D eigenvalue weighted by Gasteiger charge is 2.18. The molecule has 0 aliphatic rings. The maximum Gasteiger partial charge on any atom is 0.337 e. The van der Waals surface area contributed by atoms with Crippen LogP contribution in [0.5, 0.6) is 5.75 Å². The monoisotopic (exact) mass is 468 g/mol. The van der Waals surface area contributed by atoms with Crippen molar-refractivity contribution in [1.82, 2.24) is 5.32 Å². The fourth-order valence-electron chi connectivity index (χ4n) is 3.04. The first-order valence-corrected chi connectivity index (χ1v) is 11.4. The van der Waals surface area contributed by atoms with Crippen LogP contribution in [0.3, 0.4) is 0 Å². The number of rotatable bonds is 8. The van der Waals surface area contributed by atoms with Gasteiger partial charge in [0.1, 0.15) is 5.75 Å². The van der Waals surface area contributed by atoms with Gasteiger partial charge in [-0.3, -0.25) is 9.52 Å². The molecule has 172 valence electrons. The van der Waals surface area contributed by atoms with Crippen molar-refractivity contribution in [2.24, 2.45) is 0 Å². The highest BCUT2D eigenvalue weighted by atomic mass is 32.2. The van der Waals surface area contributed by atoms with E-state index < -0.39 is 21.9 Å². The van der Waals surface area contributed by atoms with Gasteiger partial charge in [0.15, 0.2) is 0 Å². The van der Waals surface area contributed by atoms with E-state index >= 15 is 0 Å². The minimum atomic E-state index is -3.90. The number of anilines is 1. The zero-order valence-electron chi connectivity index (χ0n) is 18.4. The fourth-order valence-corrected chi connectivity index (χ4v) is 4.12. The molecule has 9 heteroatoms. The number of amides is 1. The highest BCUT2D eigenvalue weighted by Crippen LogP contribution is 2.21. The minimum Gasteiger partial charge on any atom is -0.497 e. The summed E-state index contributed by atoms with van der Waals surface area (Å²) >= 11 is 0. The van der Waals surface area contributed by atoms with E-state index in [0.717, 1.165) is 5.56 Å². The van der Waals surface area contributed by atoms with Crippen LogP contribution < -0.4 is 14.8 Å². The Morgan fingerprint density at radius 3 is 2.18 bits per heavy atom. The number of ether oxygens (including phenoxy) is 2. The Morgan fingerprint density at radius 1 is 0.909 bits per heavy atom. The minimum absolute atomic E-state index is 0.0310. The lowest BCUT2D eigenvalue weighted by molar-refractivity contribution is 0.0600. The number of carbonyl (C=O) groups is 2. The molecular formula is C24H24N2O6S. The number of methoxy groups -OCH3 is 2. The lowest BCUT2D eigenvalue weighted by Crippen LogP contribution is -2.24. The average Bonchev–Trinajstić information content (AvgIpc) is 2.82. The smallest absolute Gasteiger partial charge is 0.337 e. The standard InChI is InChI=1S/C24H24N2O6S/c1-16-4-13-21(33(29,30)26-19-9-11-20(31-2)12-10-19)14-22(16)23(27)25-15-17-5-7-18(8-6-17)24(28)32-3/h4-14,26H,15H2,1-3H3,(H,25,27). The molecule has 8 nitrogen and oxygen atoms in total. The molecule has 0 atom stereocenters. The SMILES string of the molecule is COC(=O)c1ccc(CNC(=O)c2cc(S(=O)(=O)Nc3ccc(OC)cc3)ccc2C)cc1. The second-order valence-electron chi connectivity index (χ2n) is 7.18. The number of hydrogen-bond acceptors (Lipinski definition) is 6. The highest BCUT2D eigenvalue weighted by molar-refractivity contribution is 7.92. The predicted octanol–water partition coefficient (Wildman–Crippen LogP) is 3.52. The largest absolute Gasteiger partial charge is 0.497 e. The summed E-state index contributed by atoms with van der Waals surface area (Å²) in [5.74, 6) is -0.249. The van der Waals surface area contributed by atoms with Gasteiger partial charge in [0.05, 0.1) is 24.7 Å². The summed E-state index contributed by atoms with van der Waals surface area (Å²) in [5.41, 5.74) is 2.44. The van der Waals surface area contributed by atoms with Crippen LogP contribution in [-0.2, 0) is 21.3 Å². The Morgan fingerprint density at radius 2 is 1.58 bits per heavy atom. The van der Waals surface area contributed by atoms with Crippen LogP contribution in [0.2, 0.25) is 0 Å². The number of carbonyl (C=O) groups excluding carboxylic acids is 2. The van der Waals surface area contributed by atoms with Crippen molar-refractivity contribution in [3.8, 4) is 5.75 Å². The van der Waals surface area contributed by atoms with Crippen molar-refractivity contribution in [2.45, 2.75) is 18.4 Å². The molecule has 3 aromatic rings.